The summed E-state index contributed by atoms with van der Waals surface area (Å²) in [5.41, 5.74) is 0. The maximum Gasteiger partial charge on any atom is 0.309 e. The summed E-state index contributed by atoms with van der Waals surface area (Å²) >= 11 is 0. The van der Waals surface area contributed by atoms with Crippen LogP contribution in [0.2, 0.25) is 0 Å². The van der Waals surface area contributed by atoms with Crippen molar-refractivity contribution in [1.29, 1.82) is 0 Å². The Morgan fingerprint density at radius 1 is 0.311 bits per heavy atom. The average Bonchev–Trinajstić information content (AvgIpc) is 4.20. The maximum absolute atomic E-state index is 13.1. The van der Waals surface area contributed by atoms with Crippen LogP contribution in [0, 0.1) is 23.7 Å². The van der Waals surface area contributed by atoms with E-state index >= 15 is 0 Å². The second-order valence-corrected chi connectivity index (χ2v) is 19.0. The first kappa shape index (κ1) is 51.4. The molecule has 4 rings (SSSR count). The Morgan fingerprint density at radius 3 is 0.689 bits per heavy atom. The van der Waals surface area contributed by atoms with E-state index in [-0.39, 0.29) is 48.3 Å². The molecule has 2 aliphatic carbocycles. The maximum atomic E-state index is 13.1. The van der Waals surface area contributed by atoms with Crippen LogP contribution in [0.3, 0.4) is 0 Å². The number of epoxide rings is 2. The molecule has 2 heterocycles. The summed E-state index contributed by atoms with van der Waals surface area (Å²) in [4.78, 5) is 52.2. The van der Waals surface area contributed by atoms with Gasteiger partial charge in [0.05, 0.1) is 74.5 Å². The molecule has 0 radical (unpaired) electrons. The van der Waals surface area contributed by atoms with Crippen LogP contribution in [-0.2, 0) is 47.6 Å². The number of fused-ring (bicyclic) bond motifs is 2. The van der Waals surface area contributed by atoms with Crippen LogP contribution in [0.25, 0.3) is 0 Å². The number of hydrogen-bond acceptors (Lipinski definition) is 10. The molecule has 10 nitrogen and oxygen atoms in total. The second-order valence-electron chi connectivity index (χ2n) is 19.0. The second kappa shape index (κ2) is 31.6. The molecule has 0 aromatic rings. The van der Waals surface area contributed by atoms with Gasteiger partial charge < -0.3 is 28.4 Å². The van der Waals surface area contributed by atoms with Crippen LogP contribution < -0.4 is 0 Å². The average molecular weight is 861 g/mol. The molecule has 0 spiro atoms. The van der Waals surface area contributed by atoms with Crippen molar-refractivity contribution in [2.24, 2.45) is 23.7 Å². The number of esters is 4. The van der Waals surface area contributed by atoms with E-state index in [0.717, 1.165) is 70.6 Å². The minimum absolute atomic E-state index is 0.0682. The Balaban J connectivity index is 0.960. The van der Waals surface area contributed by atoms with Gasteiger partial charge >= 0.3 is 23.9 Å². The Bertz CT molecular complexity index is 1120. The minimum Gasteiger partial charge on any atom is -0.465 e. The molecule has 2 saturated carbocycles. The summed E-state index contributed by atoms with van der Waals surface area (Å²) in [6.45, 7) is 6.07. The molecule has 0 amide bonds. The first-order valence-electron chi connectivity index (χ1n) is 25.9. The zero-order valence-corrected chi connectivity index (χ0v) is 38.9. The van der Waals surface area contributed by atoms with E-state index in [4.69, 9.17) is 28.4 Å². The molecule has 4 aliphatic rings. The van der Waals surface area contributed by atoms with Gasteiger partial charge in [-0.15, -0.1) is 0 Å². The van der Waals surface area contributed by atoms with E-state index in [2.05, 4.69) is 13.8 Å². The topological polar surface area (TPSA) is 130 Å². The van der Waals surface area contributed by atoms with Gasteiger partial charge in [-0.25, -0.2) is 0 Å². The summed E-state index contributed by atoms with van der Waals surface area (Å²) in [5.74, 6) is -3.04. The van der Waals surface area contributed by atoms with E-state index in [1.165, 1.54) is 116 Å². The number of carbonyl (C=O) groups excluding carboxylic acids is 4. The summed E-state index contributed by atoms with van der Waals surface area (Å²) in [5, 5.41) is 0. The number of ether oxygens (including phenoxy) is 6. The van der Waals surface area contributed by atoms with Gasteiger partial charge in [0.2, 0.25) is 0 Å². The highest BCUT2D eigenvalue weighted by Gasteiger charge is 2.54. The largest absolute Gasteiger partial charge is 0.465 e. The molecule has 352 valence electrons. The minimum atomic E-state index is -0.483. The van der Waals surface area contributed by atoms with Gasteiger partial charge in [-0.2, -0.15) is 0 Å². The van der Waals surface area contributed by atoms with Crippen LogP contribution in [0.1, 0.15) is 226 Å². The molecule has 8 unspecified atom stereocenters. The quantitative estimate of drug-likeness (QED) is 0.0256. The van der Waals surface area contributed by atoms with Crippen molar-refractivity contribution < 1.29 is 47.6 Å². The first-order valence-corrected chi connectivity index (χ1v) is 25.9. The molecule has 0 aromatic carbocycles. The molecule has 4 fully saturated rings. The van der Waals surface area contributed by atoms with E-state index in [1.54, 1.807) is 0 Å². The fourth-order valence-electron chi connectivity index (χ4n) is 9.63. The Labute approximate surface area is 370 Å². The summed E-state index contributed by atoms with van der Waals surface area (Å²) in [7, 11) is 0. The molecule has 61 heavy (non-hydrogen) atoms. The van der Waals surface area contributed by atoms with Crippen LogP contribution in [0.15, 0.2) is 0 Å². The summed E-state index contributed by atoms with van der Waals surface area (Å²) in [6, 6.07) is 0. The third kappa shape index (κ3) is 21.4. The van der Waals surface area contributed by atoms with E-state index in [9.17, 15) is 19.2 Å². The Morgan fingerprint density at radius 2 is 0.492 bits per heavy atom. The smallest absolute Gasteiger partial charge is 0.309 e. The molecular weight excluding hydrogens is 773 g/mol. The molecule has 8 atom stereocenters. The molecule has 0 aromatic heterocycles. The van der Waals surface area contributed by atoms with E-state index in [1.807, 2.05) is 0 Å². The molecule has 2 aliphatic heterocycles. The highest BCUT2D eigenvalue weighted by Crippen LogP contribution is 2.45. The number of rotatable bonds is 38. The molecular formula is C51H88O10. The van der Waals surface area contributed by atoms with Gasteiger partial charge in [-0.3, -0.25) is 19.2 Å². The van der Waals surface area contributed by atoms with Crippen LogP contribution in [0.5, 0.6) is 0 Å². The van der Waals surface area contributed by atoms with Crippen molar-refractivity contribution >= 4 is 23.9 Å². The fraction of sp³-hybridized carbons (Fsp3) is 0.922. The van der Waals surface area contributed by atoms with Gasteiger partial charge in [-0.1, -0.05) is 174 Å². The van der Waals surface area contributed by atoms with Crippen molar-refractivity contribution in [3.8, 4) is 0 Å². The zero-order valence-electron chi connectivity index (χ0n) is 38.9. The monoisotopic (exact) mass is 861 g/mol. The van der Waals surface area contributed by atoms with Gasteiger partial charge in [0, 0.05) is 0 Å². The number of carbonyl (C=O) groups is 4. The lowest BCUT2D eigenvalue weighted by atomic mass is 9.79. The normalized spacial score (nSPS) is 25.0. The molecule has 10 heteroatoms. The van der Waals surface area contributed by atoms with Crippen LogP contribution >= 0.6 is 0 Å². The number of unbranched alkanes of at least 4 members (excludes halogenated alkanes) is 26. The van der Waals surface area contributed by atoms with Crippen LogP contribution in [-0.4, -0.2) is 74.7 Å². The molecule has 0 bridgehead atoms. The molecule has 0 N–H and O–H groups in total. The third-order valence-electron chi connectivity index (χ3n) is 13.8. The fourth-order valence-corrected chi connectivity index (χ4v) is 9.63. The van der Waals surface area contributed by atoms with Gasteiger partial charge in [-0.05, 0) is 51.4 Å². The summed E-state index contributed by atoms with van der Waals surface area (Å²) < 4.78 is 34.1. The predicted molar refractivity (Wildman–Crippen MR) is 239 cm³/mol. The van der Waals surface area contributed by atoms with Crippen molar-refractivity contribution in [2.75, 3.05) is 26.4 Å². The Kier molecular flexibility index (Phi) is 26.7. The van der Waals surface area contributed by atoms with Gasteiger partial charge in [0.1, 0.15) is 0 Å². The van der Waals surface area contributed by atoms with Gasteiger partial charge in [0.15, 0.2) is 0 Å². The van der Waals surface area contributed by atoms with E-state index in [0.29, 0.717) is 52.1 Å². The van der Waals surface area contributed by atoms with E-state index < -0.39 is 23.7 Å². The van der Waals surface area contributed by atoms with Crippen LogP contribution in [0.4, 0.5) is 0 Å². The van der Waals surface area contributed by atoms with Crippen molar-refractivity contribution in [2.45, 2.75) is 250 Å². The third-order valence-corrected chi connectivity index (χ3v) is 13.8. The Hall–Kier alpha value is -2.20. The van der Waals surface area contributed by atoms with Crippen molar-refractivity contribution in [3.63, 3.8) is 0 Å². The first-order chi connectivity index (χ1) is 29.9. The molecule has 2 saturated heterocycles. The summed E-state index contributed by atoms with van der Waals surface area (Å²) in [6.07, 6.45) is 36.5. The van der Waals surface area contributed by atoms with Crippen molar-refractivity contribution in [1.82, 2.24) is 0 Å². The van der Waals surface area contributed by atoms with Crippen molar-refractivity contribution in [3.05, 3.63) is 0 Å². The lowest BCUT2D eigenvalue weighted by Crippen LogP contribution is -2.37. The lowest BCUT2D eigenvalue weighted by molar-refractivity contribution is -0.162. The predicted octanol–water partition coefficient (Wildman–Crippen LogP) is 12.1. The van der Waals surface area contributed by atoms with Gasteiger partial charge in [0.25, 0.3) is 0 Å². The standard InChI is InChI=1S/C51H88O10/c1-3-5-7-9-11-13-15-17-20-24-28-32-56-48(52)40-36-44-46(60-44)38-42(40)50(54)58-34-30-26-22-19-23-27-31-35-59-51(55)43-39-47-45(61-47)37-41(43)49(53)57-33-29-25-21-18-16-14-12-10-8-6-4-2/h40-47H,3-39H2,1-2H3. The SMILES string of the molecule is CCCCCCCCCCCCCOC(=O)C1CC2OC2CC1C(=O)OCCCCCCCCCOC(=O)C1CC2OC2CC1C(=O)OCCCCCCCCCCCCC. The highest BCUT2D eigenvalue weighted by molar-refractivity contribution is 5.83. The number of hydrogen-bond donors (Lipinski definition) is 0. The lowest BCUT2D eigenvalue weighted by Gasteiger charge is -2.26. The highest BCUT2D eigenvalue weighted by atomic mass is 16.6. The zero-order chi connectivity index (χ0) is 43.3.